The molecule has 0 radical (unpaired) electrons. The van der Waals surface area contributed by atoms with Gasteiger partial charge in [0.05, 0.1) is 25.7 Å². The zero-order valence-electron chi connectivity index (χ0n) is 11.8. The number of ether oxygens (including phenoxy) is 2. The van der Waals surface area contributed by atoms with Gasteiger partial charge in [0.2, 0.25) is 5.91 Å². The van der Waals surface area contributed by atoms with Crippen LogP contribution in [-0.4, -0.2) is 63.3 Å². The summed E-state index contributed by atoms with van der Waals surface area (Å²) in [4.78, 5) is 25.3. The smallest absolute Gasteiger partial charge is 0.310 e. The predicted molar refractivity (Wildman–Crippen MR) is 70.7 cm³/mol. The fourth-order valence-electron chi connectivity index (χ4n) is 2.20. The molecule has 0 aliphatic carbocycles. The van der Waals surface area contributed by atoms with E-state index in [4.69, 9.17) is 9.47 Å². The van der Waals surface area contributed by atoms with Gasteiger partial charge in [0.15, 0.2) is 0 Å². The Kier molecular flexibility index (Phi) is 7.43. The summed E-state index contributed by atoms with van der Waals surface area (Å²) in [6.07, 6.45) is 1.77. The quantitative estimate of drug-likeness (QED) is 0.523. The monoisotopic (exact) mass is 272 g/mol. The molecule has 1 fully saturated rings. The summed E-state index contributed by atoms with van der Waals surface area (Å²) in [6.45, 7) is 5.04. The molecule has 1 N–H and O–H groups in total. The normalized spacial score (nSPS) is 20.0. The lowest BCUT2D eigenvalue weighted by Gasteiger charge is -2.30. The lowest BCUT2D eigenvalue weighted by atomic mass is 9.98. The summed E-state index contributed by atoms with van der Waals surface area (Å²) in [5.41, 5.74) is 0. The maximum atomic E-state index is 11.7. The van der Waals surface area contributed by atoms with Gasteiger partial charge in [0.25, 0.3) is 0 Å². The van der Waals surface area contributed by atoms with E-state index in [1.54, 1.807) is 7.11 Å². The van der Waals surface area contributed by atoms with Crippen LogP contribution in [0, 0.1) is 5.92 Å². The maximum Gasteiger partial charge on any atom is 0.310 e. The van der Waals surface area contributed by atoms with Crippen molar-refractivity contribution in [3.8, 4) is 0 Å². The Bertz CT molecular complexity index is 296. The van der Waals surface area contributed by atoms with Crippen LogP contribution < -0.4 is 5.32 Å². The Hall–Kier alpha value is -1.14. The van der Waals surface area contributed by atoms with E-state index in [0.717, 1.165) is 19.4 Å². The fraction of sp³-hybridized carbons (Fsp3) is 0.846. The summed E-state index contributed by atoms with van der Waals surface area (Å²) in [5.74, 6) is -0.269. The molecule has 0 unspecified atom stereocenters. The molecule has 1 atom stereocenters. The highest BCUT2D eigenvalue weighted by Gasteiger charge is 2.27. The highest BCUT2D eigenvalue weighted by atomic mass is 16.5. The van der Waals surface area contributed by atoms with Crippen LogP contribution in [0.2, 0.25) is 0 Å². The second-order valence-corrected chi connectivity index (χ2v) is 4.67. The molecular weight excluding hydrogens is 248 g/mol. The molecule has 110 valence electrons. The van der Waals surface area contributed by atoms with Gasteiger partial charge >= 0.3 is 5.97 Å². The average molecular weight is 272 g/mol. The minimum absolute atomic E-state index is 0.0263. The molecule has 1 heterocycles. The van der Waals surface area contributed by atoms with Crippen molar-refractivity contribution in [2.24, 2.45) is 5.92 Å². The first-order valence-electron chi connectivity index (χ1n) is 6.82. The molecule has 0 aromatic rings. The number of hydrogen-bond acceptors (Lipinski definition) is 5. The lowest BCUT2D eigenvalue weighted by molar-refractivity contribution is -0.150. The van der Waals surface area contributed by atoms with Gasteiger partial charge in [-0.15, -0.1) is 0 Å². The van der Waals surface area contributed by atoms with Crippen molar-refractivity contribution in [3.63, 3.8) is 0 Å². The molecule has 1 saturated heterocycles. The number of methoxy groups -OCH3 is 1. The Morgan fingerprint density at radius 3 is 2.89 bits per heavy atom. The van der Waals surface area contributed by atoms with E-state index in [0.29, 0.717) is 32.8 Å². The summed E-state index contributed by atoms with van der Waals surface area (Å²) in [6, 6.07) is 0. The Labute approximate surface area is 114 Å². The van der Waals surface area contributed by atoms with Crippen molar-refractivity contribution in [1.29, 1.82) is 0 Å². The summed E-state index contributed by atoms with van der Waals surface area (Å²) in [5, 5.41) is 2.78. The van der Waals surface area contributed by atoms with Crippen LogP contribution in [0.5, 0.6) is 0 Å². The highest BCUT2D eigenvalue weighted by molar-refractivity contribution is 5.78. The summed E-state index contributed by atoms with van der Waals surface area (Å²) < 4.78 is 9.90. The Balaban J connectivity index is 2.30. The van der Waals surface area contributed by atoms with Gasteiger partial charge in [-0.3, -0.25) is 14.5 Å². The molecule has 1 amide bonds. The summed E-state index contributed by atoms with van der Waals surface area (Å²) >= 11 is 0. The number of esters is 1. The van der Waals surface area contributed by atoms with Gasteiger partial charge in [-0.1, -0.05) is 0 Å². The maximum absolute atomic E-state index is 11.7. The standard InChI is InChI=1S/C13H24N2O4/c1-3-19-13(17)11-5-4-7-15(9-11)10-12(16)14-6-8-18-2/h11H,3-10H2,1-2H3,(H,14,16)/t11-/m1/s1. The SMILES string of the molecule is CCOC(=O)[C@@H]1CCCN(CC(=O)NCCOC)C1. The third kappa shape index (κ3) is 6.02. The van der Waals surface area contributed by atoms with Crippen LogP contribution in [0.1, 0.15) is 19.8 Å². The zero-order valence-corrected chi connectivity index (χ0v) is 11.8. The largest absolute Gasteiger partial charge is 0.466 e. The van der Waals surface area contributed by atoms with Crippen molar-refractivity contribution in [2.75, 3.05) is 46.5 Å². The zero-order chi connectivity index (χ0) is 14.1. The van der Waals surface area contributed by atoms with Gasteiger partial charge in [0, 0.05) is 20.2 Å². The average Bonchev–Trinajstić information content (AvgIpc) is 2.39. The number of nitrogens with zero attached hydrogens (tertiary/aromatic N) is 1. The molecule has 1 aliphatic rings. The molecule has 19 heavy (non-hydrogen) atoms. The van der Waals surface area contributed by atoms with E-state index >= 15 is 0 Å². The molecule has 0 saturated carbocycles. The third-order valence-corrected chi connectivity index (χ3v) is 3.12. The molecule has 0 spiro atoms. The lowest BCUT2D eigenvalue weighted by Crippen LogP contribution is -2.45. The first kappa shape index (κ1) is 15.9. The Morgan fingerprint density at radius 2 is 2.21 bits per heavy atom. The number of carbonyl (C=O) groups excluding carboxylic acids is 2. The molecule has 0 aromatic heterocycles. The van der Waals surface area contributed by atoms with E-state index in [1.165, 1.54) is 0 Å². The third-order valence-electron chi connectivity index (χ3n) is 3.12. The van der Waals surface area contributed by atoms with Crippen LogP contribution in [0.4, 0.5) is 0 Å². The fourth-order valence-corrected chi connectivity index (χ4v) is 2.20. The van der Waals surface area contributed by atoms with E-state index in [1.807, 2.05) is 11.8 Å². The number of hydrogen-bond donors (Lipinski definition) is 1. The topological polar surface area (TPSA) is 67.9 Å². The molecule has 1 rings (SSSR count). The van der Waals surface area contributed by atoms with Crippen molar-refractivity contribution >= 4 is 11.9 Å². The van der Waals surface area contributed by atoms with Gasteiger partial charge in [-0.05, 0) is 26.3 Å². The Morgan fingerprint density at radius 1 is 1.42 bits per heavy atom. The van der Waals surface area contributed by atoms with E-state index in [-0.39, 0.29) is 17.8 Å². The second kappa shape index (κ2) is 8.87. The van der Waals surface area contributed by atoms with Crippen LogP contribution in [0.15, 0.2) is 0 Å². The number of carbonyl (C=O) groups is 2. The molecule has 0 aromatic carbocycles. The van der Waals surface area contributed by atoms with Crippen molar-refractivity contribution in [1.82, 2.24) is 10.2 Å². The molecular formula is C13H24N2O4. The number of amides is 1. The van der Waals surface area contributed by atoms with Gasteiger partial charge < -0.3 is 14.8 Å². The molecule has 6 nitrogen and oxygen atoms in total. The number of rotatable bonds is 7. The van der Waals surface area contributed by atoms with Crippen molar-refractivity contribution in [3.05, 3.63) is 0 Å². The minimum atomic E-state index is -0.146. The first-order chi connectivity index (χ1) is 9.17. The first-order valence-corrected chi connectivity index (χ1v) is 6.82. The summed E-state index contributed by atoms with van der Waals surface area (Å²) in [7, 11) is 1.60. The van der Waals surface area contributed by atoms with E-state index in [9.17, 15) is 9.59 Å². The van der Waals surface area contributed by atoms with Crippen LogP contribution in [0.25, 0.3) is 0 Å². The van der Waals surface area contributed by atoms with Crippen LogP contribution >= 0.6 is 0 Å². The minimum Gasteiger partial charge on any atom is -0.466 e. The van der Waals surface area contributed by atoms with Crippen LogP contribution in [-0.2, 0) is 19.1 Å². The van der Waals surface area contributed by atoms with E-state index in [2.05, 4.69) is 5.32 Å². The van der Waals surface area contributed by atoms with Gasteiger partial charge in [-0.25, -0.2) is 0 Å². The molecule has 0 bridgehead atoms. The van der Waals surface area contributed by atoms with E-state index < -0.39 is 0 Å². The molecule has 1 aliphatic heterocycles. The number of likely N-dealkylation sites (tertiary alicyclic amines) is 1. The number of nitrogens with one attached hydrogen (secondary N) is 1. The van der Waals surface area contributed by atoms with Gasteiger partial charge in [0.1, 0.15) is 0 Å². The van der Waals surface area contributed by atoms with Crippen LogP contribution in [0.3, 0.4) is 0 Å². The number of piperidine rings is 1. The van der Waals surface area contributed by atoms with Crippen molar-refractivity contribution in [2.45, 2.75) is 19.8 Å². The second-order valence-electron chi connectivity index (χ2n) is 4.67. The highest BCUT2D eigenvalue weighted by Crippen LogP contribution is 2.17. The van der Waals surface area contributed by atoms with Gasteiger partial charge in [-0.2, -0.15) is 0 Å². The molecule has 6 heteroatoms. The predicted octanol–water partition coefficient (Wildman–Crippen LogP) is 0.0241. The van der Waals surface area contributed by atoms with Crippen molar-refractivity contribution < 1.29 is 19.1 Å².